The molecule has 1 rings (SSSR count). The molecule has 0 aliphatic heterocycles. The van der Waals surface area contributed by atoms with Crippen molar-refractivity contribution in [3.05, 3.63) is 29.3 Å². The van der Waals surface area contributed by atoms with Crippen molar-refractivity contribution in [2.75, 3.05) is 19.7 Å². The minimum absolute atomic E-state index is 0.0794. The highest BCUT2D eigenvalue weighted by Crippen LogP contribution is 2.23. The number of unbranched alkanes of at least 4 members (excludes halogenated alkanes) is 42. The molecule has 0 saturated carbocycles. The fraction of sp³-hybridized carbons (Fsp3) is 0.864. The highest BCUT2D eigenvalue weighted by molar-refractivity contribution is 6.00. The molecule has 0 saturated heterocycles. The van der Waals surface area contributed by atoms with Gasteiger partial charge in [0.25, 0.3) is 11.8 Å². The topological polar surface area (TPSA) is 67.4 Å². The van der Waals surface area contributed by atoms with Crippen LogP contribution in [0.2, 0.25) is 0 Å². The maximum atomic E-state index is 13.3. The molecule has 5 heteroatoms. The molecule has 0 unspecified atom stereocenters. The zero-order valence-corrected chi connectivity index (χ0v) is 43.4. The van der Waals surface area contributed by atoms with Crippen LogP contribution in [-0.4, -0.2) is 31.5 Å². The molecule has 2 amide bonds. The molecule has 5 nitrogen and oxygen atoms in total. The Labute approximate surface area is 399 Å². The number of carbonyl (C=O) groups excluding carboxylic acids is 2. The lowest BCUT2D eigenvalue weighted by molar-refractivity contribution is 0.0937. The third-order valence-electron chi connectivity index (χ3n) is 13.6. The van der Waals surface area contributed by atoms with E-state index in [1.165, 1.54) is 250 Å². The van der Waals surface area contributed by atoms with Crippen LogP contribution in [0.15, 0.2) is 18.2 Å². The van der Waals surface area contributed by atoms with Gasteiger partial charge in [0.05, 0.1) is 12.2 Å². The van der Waals surface area contributed by atoms with Crippen molar-refractivity contribution in [2.45, 2.75) is 310 Å². The van der Waals surface area contributed by atoms with Gasteiger partial charge in [-0.1, -0.05) is 290 Å². The summed E-state index contributed by atoms with van der Waals surface area (Å²) in [5.74, 6) is 0.357. The minimum atomic E-state index is -0.0991. The molecular formula is C59H110N2O3. The number of hydrogen-bond donors (Lipinski definition) is 2. The standard InChI is InChI=1S/C59H110N2O3/c1-4-7-10-13-16-18-20-22-24-26-28-30-32-34-36-38-40-43-46-51-60-58(62)55-49-50-56(57(54-55)64-53-48-45-42-15-12-9-6-3)59(63)61-52-47-44-41-39-37-35-33-31-29-27-25-23-21-19-17-14-11-8-5-2/h49-50,54H,4-48,51-53H2,1-3H3,(H,60,62)(H,61,63). The molecule has 0 atom stereocenters. The van der Waals surface area contributed by atoms with Gasteiger partial charge in [0.1, 0.15) is 5.75 Å². The van der Waals surface area contributed by atoms with Gasteiger partial charge in [-0.25, -0.2) is 0 Å². The van der Waals surface area contributed by atoms with Crippen LogP contribution >= 0.6 is 0 Å². The summed E-state index contributed by atoms with van der Waals surface area (Å²) in [6.07, 6.45) is 60.2. The maximum Gasteiger partial charge on any atom is 0.255 e. The van der Waals surface area contributed by atoms with E-state index in [2.05, 4.69) is 31.4 Å². The van der Waals surface area contributed by atoms with Gasteiger partial charge in [-0.3, -0.25) is 9.59 Å². The molecule has 0 aliphatic carbocycles. The molecule has 0 heterocycles. The second-order valence-corrected chi connectivity index (χ2v) is 19.9. The van der Waals surface area contributed by atoms with Gasteiger partial charge in [-0.05, 0) is 37.5 Å². The van der Waals surface area contributed by atoms with Crippen molar-refractivity contribution in [3.8, 4) is 5.75 Å². The zero-order chi connectivity index (χ0) is 46.1. The molecule has 2 N–H and O–H groups in total. The molecule has 1 aromatic carbocycles. The predicted molar refractivity (Wildman–Crippen MR) is 281 cm³/mol. The van der Waals surface area contributed by atoms with E-state index in [0.717, 1.165) is 38.5 Å². The van der Waals surface area contributed by atoms with Gasteiger partial charge < -0.3 is 15.4 Å². The quantitative estimate of drug-likeness (QED) is 0.0640. The molecule has 374 valence electrons. The first-order valence-corrected chi connectivity index (χ1v) is 29.0. The van der Waals surface area contributed by atoms with Gasteiger partial charge in [-0.2, -0.15) is 0 Å². The van der Waals surface area contributed by atoms with E-state index in [1.54, 1.807) is 18.2 Å². The number of amides is 2. The third-order valence-corrected chi connectivity index (χ3v) is 13.6. The first-order valence-electron chi connectivity index (χ1n) is 29.0. The van der Waals surface area contributed by atoms with Crippen molar-refractivity contribution >= 4 is 11.8 Å². The largest absolute Gasteiger partial charge is 0.493 e. The number of carbonyl (C=O) groups is 2. The summed E-state index contributed by atoms with van der Waals surface area (Å²) in [6.45, 7) is 8.77. The molecule has 0 bridgehead atoms. The monoisotopic (exact) mass is 895 g/mol. The molecule has 0 radical (unpaired) electrons. The number of nitrogens with one attached hydrogen (secondary N) is 2. The van der Waals surface area contributed by atoms with Crippen molar-refractivity contribution in [3.63, 3.8) is 0 Å². The summed E-state index contributed by atoms with van der Waals surface area (Å²) in [7, 11) is 0. The molecule has 0 spiro atoms. The van der Waals surface area contributed by atoms with Crippen molar-refractivity contribution in [1.29, 1.82) is 0 Å². The van der Waals surface area contributed by atoms with Crippen LogP contribution in [0.4, 0.5) is 0 Å². The third kappa shape index (κ3) is 39.2. The number of rotatable bonds is 51. The lowest BCUT2D eigenvalue weighted by atomic mass is 10.0. The molecule has 0 fully saturated rings. The molecule has 0 aliphatic rings. The molecule has 0 aromatic heterocycles. The normalized spacial score (nSPS) is 11.4. The van der Waals surface area contributed by atoms with Gasteiger partial charge in [-0.15, -0.1) is 0 Å². The Bertz CT molecular complexity index is 1140. The van der Waals surface area contributed by atoms with Crippen LogP contribution in [0.25, 0.3) is 0 Å². The van der Waals surface area contributed by atoms with E-state index < -0.39 is 0 Å². The van der Waals surface area contributed by atoms with E-state index in [-0.39, 0.29) is 11.8 Å². The van der Waals surface area contributed by atoms with Crippen LogP contribution in [0, 0.1) is 0 Å². The van der Waals surface area contributed by atoms with E-state index in [0.29, 0.717) is 36.6 Å². The molecular weight excluding hydrogens is 785 g/mol. The lowest BCUT2D eigenvalue weighted by Gasteiger charge is -2.14. The van der Waals surface area contributed by atoms with Crippen molar-refractivity contribution in [2.24, 2.45) is 0 Å². The average Bonchev–Trinajstić information content (AvgIpc) is 3.30. The summed E-state index contributed by atoms with van der Waals surface area (Å²) in [4.78, 5) is 26.5. The van der Waals surface area contributed by atoms with Crippen molar-refractivity contribution in [1.82, 2.24) is 10.6 Å². The van der Waals surface area contributed by atoms with Crippen molar-refractivity contribution < 1.29 is 14.3 Å². The Morgan fingerprint density at radius 3 is 0.922 bits per heavy atom. The van der Waals surface area contributed by atoms with E-state index in [9.17, 15) is 9.59 Å². The molecule has 64 heavy (non-hydrogen) atoms. The second-order valence-electron chi connectivity index (χ2n) is 19.9. The summed E-state index contributed by atoms with van der Waals surface area (Å²) in [5, 5.41) is 6.27. The van der Waals surface area contributed by atoms with Gasteiger partial charge in [0.2, 0.25) is 0 Å². The number of hydrogen-bond acceptors (Lipinski definition) is 3. The fourth-order valence-electron chi connectivity index (χ4n) is 9.22. The fourth-order valence-corrected chi connectivity index (χ4v) is 9.22. The van der Waals surface area contributed by atoms with Crippen LogP contribution in [-0.2, 0) is 0 Å². The Morgan fingerprint density at radius 1 is 0.344 bits per heavy atom. The highest BCUT2D eigenvalue weighted by atomic mass is 16.5. The Morgan fingerprint density at radius 2 is 0.609 bits per heavy atom. The van der Waals surface area contributed by atoms with Crippen LogP contribution in [0.1, 0.15) is 330 Å². The minimum Gasteiger partial charge on any atom is -0.493 e. The van der Waals surface area contributed by atoms with Crippen LogP contribution in [0.5, 0.6) is 5.75 Å². The Kier molecular flexibility index (Phi) is 45.8. The Hall–Kier alpha value is -2.04. The first kappa shape index (κ1) is 60.0. The zero-order valence-electron chi connectivity index (χ0n) is 43.4. The number of benzene rings is 1. The predicted octanol–water partition coefficient (Wildman–Crippen LogP) is 19.1. The Balaban J connectivity index is 2.24. The summed E-state index contributed by atoms with van der Waals surface area (Å²) >= 11 is 0. The van der Waals surface area contributed by atoms with Crippen LogP contribution in [0.3, 0.4) is 0 Å². The lowest BCUT2D eigenvalue weighted by Crippen LogP contribution is -2.26. The highest BCUT2D eigenvalue weighted by Gasteiger charge is 2.16. The maximum absolute atomic E-state index is 13.3. The SMILES string of the molecule is CCCCCCCCCCCCCCCCCCCCCNC(=O)c1ccc(C(=O)NCCCCCCCCCCCCCCCCCCCCC)c(OCCCCCCCCC)c1. The smallest absolute Gasteiger partial charge is 0.255 e. The van der Waals surface area contributed by atoms with Gasteiger partial charge in [0, 0.05) is 18.7 Å². The number of ether oxygens (including phenoxy) is 1. The van der Waals surface area contributed by atoms with E-state index >= 15 is 0 Å². The molecule has 1 aromatic rings. The van der Waals surface area contributed by atoms with Crippen LogP contribution < -0.4 is 15.4 Å². The average molecular weight is 896 g/mol. The second kappa shape index (κ2) is 48.9. The van der Waals surface area contributed by atoms with Gasteiger partial charge in [0.15, 0.2) is 0 Å². The summed E-state index contributed by atoms with van der Waals surface area (Å²) < 4.78 is 6.23. The summed E-state index contributed by atoms with van der Waals surface area (Å²) in [5.41, 5.74) is 1.11. The van der Waals surface area contributed by atoms with E-state index in [1.807, 2.05) is 0 Å². The summed E-state index contributed by atoms with van der Waals surface area (Å²) in [6, 6.07) is 5.37. The van der Waals surface area contributed by atoms with E-state index in [4.69, 9.17) is 4.74 Å². The van der Waals surface area contributed by atoms with Gasteiger partial charge >= 0.3 is 0 Å². The first-order chi connectivity index (χ1) is 31.6.